The highest BCUT2D eigenvalue weighted by Crippen LogP contribution is 2.24. The Balaban J connectivity index is 2.29. The van der Waals surface area contributed by atoms with Gasteiger partial charge in [-0.2, -0.15) is 4.31 Å². The van der Waals surface area contributed by atoms with Crippen LogP contribution in [0, 0.1) is 0 Å². The summed E-state index contributed by atoms with van der Waals surface area (Å²) in [7, 11) is -3.59. The molecular weight excluding hydrogens is 436 g/mol. The van der Waals surface area contributed by atoms with E-state index in [4.69, 9.17) is 0 Å². The fourth-order valence-electron chi connectivity index (χ4n) is 2.64. The molecule has 2 aromatic rings. The molecule has 0 aliphatic carbocycles. The molecule has 0 atom stereocenters. The molecule has 5 nitrogen and oxygen atoms in total. The van der Waals surface area contributed by atoms with Crippen LogP contribution in [0.5, 0.6) is 0 Å². The molecule has 0 saturated carbocycles. The lowest BCUT2D eigenvalue weighted by Crippen LogP contribution is -2.32. The van der Waals surface area contributed by atoms with Crippen molar-refractivity contribution in [3.8, 4) is 0 Å². The summed E-state index contributed by atoms with van der Waals surface area (Å²) in [5, 5.41) is 0. The summed E-state index contributed by atoms with van der Waals surface area (Å²) in [6.07, 6.45) is 0. The van der Waals surface area contributed by atoms with E-state index in [9.17, 15) is 13.2 Å². The number of hydrogen-bond acceptors (Lipinski definition) is 4. The molecular formula is C18H23BrN2O3S2. The molecule has 0 fully saturated rings. The summed E-state index contributed by atoms with van der Waals surface area (Å²) in [6.45, 7) is 7.34. The molecule has 0 spiro atoms. The van der Waals surface area contributed by atoms with Gasteiger partial charge in [-0.05, 0) is 53.2 Å². The lowest BCUT2D eigenvalue weighted by molar-refractivity contribution is 0.0754. The average molecular weight is 459 g/mol. The smallest absolute Gasteiger partial charge is 0.254 e. The van der Waals surface area contributed by atoms with Crippen molar-refractivity contribution in [3.05, 3.63) is 50.6 Å². The van der Waals surface area contributed by atoms with Crippen molar-refractivity contribution >= 4 is 43.2 Å². The predicted octanol–water partition coefficient (Wildman–Crippen LogP) is 4.20. The Labute approximate surface area is 167 Å². The highest BCUT2D eigenvalue weighted by Gasteiger charge is 2.23. The van der Waals surface area contributed by atoms with Gasteiger partial charge in [-0.1, -0.05) is 19.9 Å². The van der Waals surface area contributed by atoms with Crippen LogP contribution in [0.2, 0.25) is 0 Å². The summed E-state index contributed by atoms with van der Waals surface area (Å²) in [4.78, 5) is 15.8. The Hall–Kier alpha value is -1.22. The third kappa shape index (κ3) is 4.73. The summed E-state index contributed by atoms with van der Waals surface area (Å²) >= 11 is 5.01. The molecule has 2 rings (SSSR count). The minimum atomic E-state index is -3.59. The first-order valence-electron chi connectivity index (χ1n) is 8.47. The molecule has 1 heterocycles. The number of rotatable bonds is 8. The number of carbonyl (C=O) groups is 1. The van der Waals surface area contributed by atoms with E-state index in [0.717, 1.165) is 8.66 Å². The first-order valence-corrected chi connectivity index (χ1v) is 11.5. The van der Waals surface area contributed by atoms with E-state index in [1.165, 1.54) is 16.4 Å². The summed E-state index contributed by atoms with van der Waals surface area (Å²) in [5.41, 5.74) is 0.385. The van der Waals surface area contributed by atoms with E-state index in [-0.39, 0.29) is 10.8 Å². The number of nitrogens with zero attached hydrogens (tertiary/aromatic N) is 2. The van der Waals surface area contributed by atoms with Crippen LogP contribution in [0.4, 0.5) is 0 Å². The lowest BCUT2D eigenvalue weighted by atomic mass is 10.2. The van der Waals surface area contributed by atoms with Crippen molar-refractivity contribution in [2.45, 2.75) is 32.2 Å². The van der Waals surface area contributed by atoms with Crippen LogP contribution in [0.3, 0.4) is 0 Å². The van der Waals surface area contributed by atoms with Gasteiger partial charge in [-0.15, -0.1) is 11.3 Å². The van der Waals surface area contributed by atoms with Gasteiger partial charge in [0.15, 0.2) is 0 Å². The van der Waals surface area contributed by atoms with Crippen LogP contribution >= 0.6 is 27.3 Å². The van der Waals surface area contributed by atoms with E-state index in [1.54, 1.807) is 42.2 Å². The standard InChI is InChI=1S/C18H23BrN2O3S2/c1-4-20(13-15-10-11-17(19)25-15)18(22)14-8-7-9-16(12-14)26(23,24)21(5-2)6-3/h7-12H,4-6,13H2,1-3H3. The Kier molecular flexibility index (Phi) is 7.40. The van der Waals surface area contributed by atoms with Crippen LogP contribution in [-0.4, -0.2) is 43.2 Å². The zero-order valence-electron chi connectivity index (χ0n) is 15.1. The van der Waals surface area contributed by atoms with Gasteiger partial charge >= 0.3 is 0 Å². The van der Waals surface area contributed by atoms with Crippen molar-refractivity contribution in [1.82, 2.24) is 9.21 Å². The zero-order valence-corrected chi connectivity index (χ0v) is 18.3. The molecule has 0 unspecified atom stereocenters. The van der Waals surface area contributed by atoms with E-state index in [0.29, 0.717) is 31.7 Å². The average Bonchev–Trinajstić information content (AvgIpc) is 3.05. The fraction of sp³-hybridized carbons (Fsp3) is 0.389. The number of sulfonamides is 1. The predicted molar refractivity (Wildman–Crippen MR) is 109 cm³/mol. The topological polar surface area (TPSA) is 57.7 Å². The van der Waals surface area contributed by atoms with Gasteiger partial charge in [0, 0.05) is 30.1 Å². The van der Waals surface area contributed by atoms with Crippen molar-refractivity contribution in [2.75, 3.05) is 19.6 Å². The van der Waals surface area contributed by atoms with Gasteiger partial charge in [0.25, 0.3) is 5.91 Å². The molecule has 142 valence electrons. The third-order valence-electron chi connectivity index (χ3n) is 4.07. The molecule has 1 aromatic heterocycles. The Bertz CT molecular complexity index is 861. The van der Waals surface area contributed by atoms with Crippen molar-refractivity contribution in [3.63, 3.8) is 0 Å². The van der Waals surface area contributed by atoms with Gasteiger partial charge in [0.1, 0.15) is 0 Å². The largest absolute Gasteiger partial charge is 0.334 e. The molecule has 0 aliphatic heterocycles. The van der Waals surface area contributed by atoms with Gasteiger partial charge in [0.2, 0.25) is 10.0 Å². The molecule has 0 saturated heterocycles. The minimum absolute atomic E-state index is 0.155. The Morgan fingerprint density at radius 1 is 1.08 bits per heavy atom. The van der Waals surface area contributed by atoms with Crippen molar-refractivity contribution in [2.24, 2.45) is 0 Å². The quantitative estimate of drug-likeness (QED) is 0.595. The molecule has 8 heteroatoms. The molecule has 0 aliphatic rings. The lowest BCUT2D eigenvalue weighted by Gasteiger charge is -2.22. The maximum Gasteiger partial charge on any atom is 0.254 e. The second-order valence-corrected chi connectivity index (χ2v) is 10.1. The number of benzene rings is 1. The molecule has 0 N–H and O–H groups in total. The van der Waals surface area contributed by atoms with E-state index in [2.05, 4.69) is 15.9 Å². The molecule has 1 aromatic carbocycles. The highest BCUT2D eigenvalue weighted by molar-refractivity contribution is 9.11. The molecule has 26 heavy (non-hydrogen) atoms. The second-order valence-electron chi connectivity index (χ2n) is 5.64. The Morgan fingerprint density at radius 3 is 2.31 bits per heavy atom. The molecule has 0 bridgehead atoms. The third-order valence-corrected chi connectivity index (χ3v) is 7.72. The molecule has 0 radical (unpaired) electrons. The number of carbonyl (C=O) groups excluding carboxylic acids is 1. The van der Waals surface area contributed by atoms with Crippen molar-refractivity contribution in [1.29, 1.82) is 0 Å². The van der Waals surface area contributed by atoms with Gasteiger partial charge < -0.3 is 4.90 Å². The maximum atomic E-state index is 12.9. The van der Waals surface area contributed by atoms with Crippen LogP contribution in [0.15, 0.2) is 45.1 Å². The van der Waals surface area contributed by atoms with E-state index < -0.39 is 10.0 Å². The fourth-order valence-corrected chi connectivity index (χ4v) is 5.64. The van der Waals surface area contributed by atoms with E-state index >= 15 is 0 Å². The van der Waals surface area contributed by atoms with Gasteiger partial charge in [-0.3, -0.25) is 4.79 Å². The first-order chi connectivity index (χ1) is 12.3. The number of halogens is 1. The normalized spacial score (nSPS) is 11.7. The second kappa shape index (κ2) is 9.12. The maximum absolute atomic E-state index is 12.9. The Morgan fingerprint density at radius 2 is 1.77 bits per heavy atom. The number of hydrogen-bond donors (Lipinski definition) is 0. The summed E-state index contributed by atoms with van der Waals surface area (Å²) in [6, 6.07) is 10.2. The number of amides is 1. The number of thiophene rings is 1. The van der Waals surface area contributed by atoms with Crippen LogP contribution < -0.4 is 0 Å². The summed E-state index contributed by atoms with van der Waals surface area (Å²) < 4.78 is 27.8. The monoisotopic (exact) mass is 458 g/mol. The van der Waals surface area contributed by atoms with Gasteiger partial charge in [0.05, 0.1) is 15.2 Å². The van der Waals surface area contributed by atoms with Crippen molar-refractivity contribution < 1.29 is 13.2 Å². The van der Waals surface area contributed by atoms with Crippen LogP contribution in [0.25, 0.3) is 0 Å². The highest BCUT2D eigenvalue weighted by atomic mass is 79.9. The molecule has 1 amide bonds. The zero-order chi connectivity index (χ0) is 19.3. The summed E-state index contributed by atoms with van der Waals surface area (Å²) in [5.74, 6) is -0.173. The first kappa shape index (κ1) is 21.1. The SMILES string of the molecule is CCN(Cc1ccc(Br)s1)C(=O)c1cccc(S(=O)(=O)N(CC)CC)c1. The van der Waals surface area contributed by atoms with Crippen LogP contribution in [-0.2, 0) is 16.6 Å². The van der Waals surface area contributed by atoms with Gasteiger partial charge in [-0.25, -0.2) is 8.42 Å². The minimum Gasteiger partial charge on any atom is -0.334 e. The van der Waals surface area contributed by atoms with Crippen LogP contribution in [0.1, 0.15) is 36.0 Å². The van der Waals surface area contributed by atoms with E-state index in [1.807, 2.05) is 19.1 Å².